The fourth-order valence-electron chi connectivity index (χ4n) is 1.58. The van der Waals surface area contributed by atoms with Crippen LogP contribution >= 0.6 is 0 Å². The lowest BCUT2D eigenvalue weighted by Crippen LogP contribution is -2.36. The van der Waals surface area contributed by atoms with Crippen LogP contribution in [0.5, 0.6) is 0 Å². The summed E-state index contributed by atoms with van der Waals surface area (Å²) in [6, 6.07) is 0.409. The molecule has 0 aromatic carbocycles. The van der Waals surface area contributed by atoms with Gasteiger partial charge in [0.25, 0.3) is 0 Å². The zero-order valence-corrected chi connectivity index (χ0v) is 6.84. The van der Waals surface area contributed by atoms with E-state index in [1.54, 1.807) is 7.11 Å². The molecule has 1 aliphatic carbocycles. The first kappa shape index (κ1) is 8.02. The summed E-state index contributed by atoms with van der Waals surface area (Å²) in [5, 5.41) is 0. The summed E-state index contributed by atoms with van der Waals surface area (Å²) in [6.45, 7) is 2.20. The second kappa shape index (κ2) is 3.35. The summed E-state index contributed by atoms with van der Waals surface area (Å²) in [4.78, 5) is 0. The molecular weight excluding hydrogens is 126 g/mol. The van der Waals surface area contributed by atoms with E-state index >= 15 is 0 Å². The Morgan fingerprint density at radius 3 is 2.60 bits per heavy atom. The summed E-state index contributed by atoms with van der Waals surface area (Å²) in [7, 11) is 1.79. The highest BCUT2D eigenvalue weighted by atomic mass is 16.5. The maximum Gasteiger partial charge on any atom is 0.0575 e. The Labute approximate surface area is 62.7 Å². The predicted octanol–water partition coefficient (Wildman–Crippen LogP) is 1.15. The Hall–Kier alpha value is -0.0800. The molecule has 0 unspecified atom stereocenters. The highest BCUT2D eigenvalue weighted by Gasteiger charge is 2.24. The van der Waals surface area contributed by atoms with Gasteiger partial charge in [0.2, 0.25) is 0 Å². The molecule has 0 heterocycles. The maximum atomic E-state index is 5.84. The van der Waals surface area contributed by atoms with E-state index in [0.29, 0.717) is 18.1 Å². The largest absolute Gasteiger partial charge is 0.381 e. The van der Waals surface area contributed by atoms with Crippen molar-refractivity contribution in [3.63, 3.8) is 0 Å². The van der Waals surface area contributed by atoms with Crippen LogP contribution in [0.3, 0.4) is 0 Å². The average molecular weight is 143 g/mol. The Morgan fingerprint density at radius 2 is 2.10 bits per heavy atom. The third-order valence-corrected chi connectivity index (χ3v) is 2.52. The van der Waals surface area contributed by atoms with Crippen molar-refractivity contribution in [3.05, 3.63) is 0 Å². The van der Waals surface area contributed by atoms with Gasteiger partial charge < -0.3 is 10.5 Å². The highest BCUT2D eigenvalue weighted by Crippen LogP contribution is 2.24. The molecule has 0 spiro atoms. The molecular formula is C8H17NO. The van der Waals surface area contributed by atoms with E-state index in [1.165, 1.54) is 0 Å². The van der Waals surface area contributed by atoms with Gasteiger partial charge in [-0.25, -0.2) is 0 Å². The lowest BCUT2D eigenvalue weighted by Gasteiger charge is -2.30. The molecule has 3 atom stereocenters. The smallest absolute Gasteiger partial charge is 0.0575 e. The zero-order valence-electron chi connectivity index (χ0n) is 6.84. The molecule has 0 aromatic heterocycles. The van der Waals surface area contributed by atoms with Gasteiger partial charge in [-0.05, 0) is 25.2 Å². The summed E-state index contributed by atoms with van der Waals surface area (Å²) < 4.78 is 5.25. The fraction of sp³-hybridized carbons (Fsp3) is 1.00. The monoisotopic (exact) mass is 143 g/mol. The van der Waals surface area contributed by atoms with Crippen LogP contribution in [0.15, 0.2) is 0 Å². The van der Waals surface area contributed by atoms with Gasteiger partial charge in [-0.15, -0.1) is 0 Å². The van der Waals surface area contributed by atoms with Gasteiger partial charge >= 0.3 is 0 Å². The van der Waals surface area contributed by atoms with Crippen molar-refractivity contribution < 1.29 is 4.74 Å². The maximum absolute atomic E-state index is 5.84. The Bertz CT molecular complexity index is 105. The number of hydrogen-bond acceptors (Lipinski definition) is 2. The molecule has 1 fully saturated rings. The molecule has 1 saturated carbocycles. The third kappa shape index (κ3) is 1.70. The van der Waals surface area contributed by atoms with Gasteiger partial charge in [0.1, 0.15) is 0 Å². The molecule has 60 valence electrons. The average Bonchev–Trinajstić information content (AvgIpc) is 1.95. The molecule has 0 aromatic rings. The number of hydrogen-bond donors (Lipinski definition) is 1. The lowest BCUT2D eigenvalue weighted by atomic mass is 9.85. The second-order valence-electron chi connectivity index (χ2n) is 3.31. The van der Waals surface area contributed by atoms with Crippen LogP contribution in [-0.4, -0.2) is 19.3 Å². The number of rotatable bonds is 1. The first-order valence-corrected chi connectivity index (χ1v) is 4.02. The van der Waals surface area contributed by atoms with E-state index < -0.39 is 0 Å². The van der Waals surface area contributed by atoms with Crippen molar-refractivity contribution in [1.29, 1.82) is 0 Å². The van der Waals surface area contributed by atoms with Crippen LogP contribution in [0.25, 0.3) is 0 Å². The van der Waals surface area contributed by atoms with Crippen LogP contribution in [-0.2, 0) is 4.74 Å². The molecule has 0 aliphatic heterocycles. The van der Waals surface area contributed by atoms with Crippen molar-refractivity contribution in [2.75, 3.05) is 7.11 Å². The lowest BCUT2D eigenvalue weighted by molar-refractivity contribution is 0.0476. The van der Waals surface area contributed by atoms with Gasteiger partial charge in [0.05, 0.1) is 6.10 Å². The van der Waals surface area contributed by atoms with E-state index in [1.807, 2.05) is 0 Å². The molecule has 0 amide bonds. The van der Waals surface area contributed by atoms with Crippen molar-refractivity contribution in [2.24, 2.45) is 11.7 Å². The van der Waals surface area contributed by atoms with E-state index in [4.69, 9.17) is 10.5 Å². The molecule has 1 aliphatic rings. The number of methoxy groups -OCH3 is 1. The first-order valence-electron chi connectivity index (χ1n) is 4.02. The second-order valence-corrected chi connectivity index (χ2v) is 3.31. The summed E-state index contributed by atoms with van der Waals surface area (Å²) in [5.74, 6) is 0.638. The van der Waals surface area contributed by atoms with Crippen LogP contribution in [0, 0.1) is 5.92 Å². The van der Waals surface area contributed by atoms with Crippen LogP contribution < -0.4 is 5.73 Å². The molecule has 0 saturated heterocycles. The summed E-state index contributed by atoms with van der Waals surface area (Å²) >= 11 is 0. The minimum Gasteiger partial charge on any atom is -0.381 e. The van der Waals surface area contributed by atoms with Crippen LogP contribution in [0.4, 0.5) is 0 Å². The van der Waals surface area contributed by atoms with Crippen molar-refractivity contribution in [1.82, 2.24) is 0 Å². The third-order valence-electron chi connectivity index (χ3n) is 2.52. The Morgan fingerprint density at radius 1 is 1.40 bits per heavy atom. The van der Waals surface area contributed by atoms with Crippen molar-refractivity contribution >= 4 is 0 Å². The van der Waals surface area contributed by atoms with Gasteiger partial charge in [0.15, 0.2) is 0 Å². The summed E-state index contributed by atoms with van der Waals surface area (Å²) in [5.41, 5.74) is 5.84. The van der Waals surface area contributed by atoms with Gasteiger partial charge in [0, 0.05) is 13.2 Å². The number of nitrogens with two attached hydrogens (primary N) is 1. The molecule has 2 N–H and O–H groups in total. The SMILES string of the molecule is CO[C@H]1CC[C@H](N)[C@H](C)C1. The minimum absolute atomic E-state index is 0.409. The predicted molar refractivity (Wildman–Crippen MR) is 41.8 cm³/mol. The van der Waals surface area contributed by atoms with Crippen LogP contribution in [0.1, 0.15) is 26.2 Å². The quantitative estimate of drug-likeness (QED) is 0.597. The molecule has 10 heavy (non-hydrogen) atoms. The molecule has 0 bridgehead atoms. The van der Waals surface area contributed by atoms with Gasteiger partial charge in [-0.3, -0.25) is 0 Å². The normalized spacial score (nSPS) is 41.7. The topological polar surface area (TPSA) is 35.2 Å². The van der Waals surface area contributed by atoms with Crippen molar-refractivity contribution in [2.45, 2.75) is 38.3 Å². The Kier molecular flexibility index (Phi) is 2.69. The molecule has 2 heteroatoms. The van der Waals surface area contributed by atoms with E-state index in [9.17, 15) is 0 Å². The molecule has 1 rings (SSSR count). The van der Waals surface area contributed by atoms with Crippen LogP contribution in [0.2, 0.25) is 0 Å². The molecule has 2 nitrogen and oxygen atoms in total. The fourth-order valence-corrected chi connectivity index (χ4v) is 1.58. The standard InChI is InChI=1S/C8H17NO/c1-6-5-7(10-2)3-4-8(6)9/h6-8H,3-5,9H2,1-2H3/t6-,7+,8+/m1/s1. The van der Waals surface area contributed by atoms with Gasteiger partial charge in [-0.2, -0.15) is 0 Å². The van der Waals surface area contributed by atoms with Crippen molar-refractivity contribution in [3.8, 4) is 0 Å². The highest BCUT2D eigenvalue weighted by molar-refractivity contribution is 4.79. The van der Waals surface area contributed by atoms with Gasteiger partial charge in [-0.1, -0.05) is 6.92 Å². The summed E-state index contributed by atoms with van der Waals surface area (Å²) in [6.07, 6.45) is 3.87. The van der Waals surface area contributed by atoms with E-state index in [2.05, 4.69) is 6.92 Å². The number of ether oxygens (including phenoxy) is 1. The Balaban J connectivity index is 2.33. The van der Waals surface area contributed by atoms with E-state index in [-0.39, 0.29) is 0 Å². The van der Waals surface area contributed by atoms with E-state index in [0.717, 1.165) is 19.3 Å². The molecule has 0 radical (unpaired) electrons. The first-order chi connectivity index (χ1) is 4.74. The zero-order chi connectivity index (χ0) is 7.56. The minimum atomic E-state index is 0.409.